The Labute approximate surface area is 134 Å². The third-order valence-electron chi connectivity index (χ3n) is 4.49. The lowest BCUT2D eigenvalue weighted by Gasteiger charge is -2.35. The van der Waals surface area contributed by atoms with Gasteiger partial charge in [0.1, 0.15) is 0 Å². The number of halogens is 1. The van der Waals surface area contributed by atoms with Gasteiger partial charge >= 0.3 is 0 Å². The molecular formula is C17H27ClN2O. The smallest absolute Gasteiger partial charge is 0.220 e. The van der Waals surface area contributed by atoms with Gasteiger partial charge in [0.15, 0.2) is 0 Å². The lowest BCUT2D eigenvalue weighted by molar-refractivity contribution is -0.124. The zero-order valence-electron chi connectivity index (χ0n) is 12.9. The fourth-order valence-corrected chi connectivity index (χ4v) is 3.06. The quantitative estimate of drug-likeness (QED) is 0.876. The molecule has 3 N–H and O–H groups in total. The first-order valence-electron chi connectivity index (χ1n) is 7.66. The normalized spacial score (nSPS) is 16.9. The van der Waals surface area contributed by atoms with Gasteiger partial charge in [0.2, 0.25) is 5.91 Å². The first-order valence-corrected chi connectivity index (χ1v) is 7.66. The second-order valence-corrected chi connectivity index (χ2v) is 6.20. The molecule has 1 aromatic rings. The maximum Gasteiger partial charge on any atom is 0.220 e. The zero-order chi connectivity index (χ0) is 14.4. The van der Waals surface area contributed by atoms with Crippen molar-refractivity contribution >= 4 is 18.3 Å². The van der Waals surface area contributed by atoms with E-state index >= 15 is 0 Å². The van der Waals surface area contributed by atoms with Crippen LogP contribution in [0.4, 0.5) is 0 Å². The predicted molar refractivity (Wildman–Crippen MR) is 89.5 cm³/mol. The second kappa shape index (κ2) is 8.40. The van der Waals surface area contributed by atoms with Crippen molar-refractivity contribution in [1.29, 1.82) is 0 Å². The van der Waals surface area contributed by atoms with Crippen LogP contribution in [0.3, 0.4) is 0 Å². The van der Waals surface area contributed by atoms with Crippen LogP contribution in [0.2, 0.25) is 0 Å². The Morgan fingerprint density at radius 3 is 2.38 bits per heavy atom. The molecule has 0 spiro atoms. The summed E-state index contributed by atoms with van der Waals surface area (Å²) < 4.78 is 0. The second-order valence-electron chi connectivity index (χ2n) is 6.20. The van der Waals surface area contributed by atoms with E-state index in [-0.39, 0.29) is 23.7 Å². The maximum atomic E-state index is 12.1. The standard InChI is InChI=1S/C17H26N2O.ClH/c1-14-5-7-15(8-6-14)12-19-16(20)11-17(13-18)9-3-2-4-10-17;/h5-8H,2-4,9-13,18H2,1H3,(H,19,20);1H. The van der Waals surface area contributed by atoms with Crippen LogP contribution in [-0.2, 0) is 11.3 Å². The van der Waals surface area contributed by atoms with Gasteiger partial charge in [-0.1, -0.05) is 49.1 Å². The highest BCUT2D eigenvalue weighted by atomic mass is 35.5. The Balaban J connectivity index is 0.00000220. The molecule has 0 unspecified atom stereocenters. The summed E-state index contributed by atoms with van der Waals surface area (Å²) in [6, 6.07) is 8.28. The molecule has 1 fully saturated rings. The molecular weight excluding hydrogens is 284 g/mol. The molecule has 118 valence electrons. The maximum absolute atomic E-state index is 12.1. The van der Waals surface area contributed by atoms with Crippen molar-refractivity contribution in [2.45, 2.75) is 52.0 Å². The molecule has 1 aliphatic carbocycles. The van der Waals surface area contributed by atoms with Crippen molar-refractivity contribution in [3.63, 3.8) is 0 Å². The van der Waals surface area contributed by atoms with E-state index in [0.717, 1.165) is 18.4 Å². The molecule has 0 heterocycles. The number of benzene rings is 1. The van der Waals surface area contributed by atoms with Crippen LogP contribution in [0.1, 0.15) is 49.7 Å². The van der Waals surface area contributed by atoms with Gasteiger partial charge in [-0.15, -0.1) is 12.4 Å². The fourth-order valence-electron chi connectivity index (χ4n) is 3.06. The zero-order valence-corrected chi connectivity index (χ0v) is 13.7. The number of carbonyl (C=O) groups excluding carboxylic acids is 1. The minimum atomic E-state index is 0. The molecule has 21 heavy (non-hydrogen) atoms. The molecule has 0 radical (unpaired) electrons. The van der Waals surface area contributed by atoms with Crippen molar-refractivity contribution in [3.8, 4) is 0 Å². The Morgan fingerprint density at radius 1 is 1.19 bits per heavy atom. The van der Waals surface area contributed by atoms with Crippen molar-refractivity contribution in [2.75, 3.05) is 6.54 Å². The lowest BCUT2D eigenvalue weighted by Crippen LogP contribution is -2.38. The molecule has 0 aromatic heterocycles. The number of hydrogen-bond acceptors (Lipinski definition) is 2. The van der Waals surface area contributed by atoms with Gasteiger partial charge in [-0.25, -0.2) is 0 Å². The Morgan fingerprint density at radius 2 is 1.81 bits per heavy atom. The van der Waals surface area contributed by atoms with Crippen LogP contribution in [0.5, 0.6) is 0 Å². The van der Waals surface area contributed by atoms with Crippen LogP contribution in [0.15, 0.2) is 24.3 Å². The van der Waals surface area contributed by atoms with Gasteiger partial charge in [-0.2, -0.15) is 0 Å². The van der Waals surface area contributed by atoms with Gasteiger partial charge in [0.25, 0.3) is 0 Å². The highest BCUT2D eigenvalue weighted by Gasteiger charge is 2.32. The van der Waals surface area contributed by atoms with Crippen molar-refractivity contribution in [3.05, 3.63) is 35.4 Å². The Bertz CT molecular complexity index is 439. The molecule has 1 aromatic carbocycles. The van der Waals surface area contributed by atoms with E-state index in [9.17, 15) is 4.79 Å². The van der Waals surface area contributed by atoms with Crippen molar-refractivity contribution in [2.24, 2.45) is 11.1 Å². The van der Waals surface area contributed by atoms with Gasteiger partial charge in [-0.05, 0) is 37.3 Å². The molecule has 4 heteroatoms. The average Bonchev–Trinajstić information content (AvgIpc) is 2.47. The van der Waals surface area contributed by atoms with Gasteiger partial charge in [-0.3, -0.25) is 4.79 Å². The number of carbonyl (C=O) groups is 1. The van der Waals surface area contributed by atoms with Crippen LogP contribution in [-0.4, -0.2) is 12.5 Å². The predicted octanol–water partition coefficient (Wildman–Crippen LogP) is 3.33. The highest BCUT2D eigenvalue weighted by molar-refractivity contribution is 5.85. The summed E-state index contributed by atoms with van der Waals surface area (Å²) in [7, 11) is 0. The number of aryl methyl sites for hydroxylation is 1. The molecule has 0 saturated heterocycles. The number of rotatable bonds is 5. The van der Waals surface area contributed by atoms with E-state index in [1.807, 2.05) is 0 Å². The Kier molecular flexibility index (Phi) is 7.20. The Hall–Kier alpha value is -1.06. The van der Waals surface area contributed by atoms with E-state index in [1.165, 1.54) is 24.8 Å². The number of hydrogen-bond donors (Lipinski definition) is 2. The van der Waals surface area contributed by atoms with Crippen molar-refractivity contribution in [1.82, 2.24) is 5.32 Å². The number of nitrogens with two attached hydrogens (primary N) is 1. The summed E-state index contributed by atoms with van der Waals surface area (Å²) >= 11 is 0. The minimum Gasteiger partial charge on any atom is -0.352 e. The molecule has 3 nitrogen and oxygen atoms in total. The van der Waals surface area contributed by atoms with E-state index in [2.05, 4.69) is 36.5 Å². The average molecular weight is 311 g/mol. The summed E-state index contributed by atoms with van der Waals surface area (Å²) in [4.78, 5) is 12.1. The molecule has 0 atom stereocenters. The van der Waals surface area contributed by atoms with Gasteiger partial charge < -0.3 is 11.1 Å². The molecule has 0 aliphatic heterocycles. The first kappa shape index (κ1) is 18.0. The van der Waals surface area contributed by atoms with Crippen LogP contribution in [0.25, 0.3) is 0 Å². The van der Waals surface area contributed by atoms with Crippen LogP contribution in [0, 0.1) is 12.3 Å². The summed E-state index contributed by atoms with van der Waals surface area (Å²) in [5, 5.41) is 3.03. The highest BCUT2D eigenvalue weighted by Crippen LogP contribution is 2.38. The van der Waals surface area contributed by atoms with Crippen molar-refractivity contribution < 1.29 is 4.79 Å². The number of amides is 1. The van der Waals surface area contributed by atoms with E-state index < -0.39 is 0 Å². The molecule has 1 aliphatic rings. The monoisotopic (exact) mass is 310 g/mol. The SMILES string of the molecule is Cc1ccc(CNC(=O)CC2(CN)CCCCC2)cc1.Cl. The molecule has 1 amide bonds. The number of nitrogens with one attached hydrogen (secondary N) is 1. The summed E-state index contributed by atoms with van der Waals surface area (Å²) in [5.74, 6) is 0.137. The van der Waals surface area contributed by atoms with E-state index in [1.54, 1.807) is 0 Å². The van der Waals surface area contributed by atoms with E-state index in [0.29, 0.717) is 19.5 Å². The van der Waals surface area contributed by atoms with Crippen LogP contribution >= 0.6 is 12.4 Å². The lowest BCUT2D eigenvalue weighted by atomic mass is 9.71. The summed E-state index contributed by atoms with van der Waals surface area (Å²) in [5.41, 5.74) is 8.37. The molecule has 0 bridgehead atoms. The van der Waals surface area contributed by atoms with Gasteiger partial charge in [0.05, 0.1) is 0 Å². The topological polar surface area (TPSA) is 55.1 Å². The minimum absolute atomic E-state index is 0. The third kappa shape index (κ3) is 5.33. The largest absolute Gasteiger partial charge is 0.352 e. The fraction of sp³-hybridized carbons (Fsp3) is 0.588. The summed E-state index contributed by atoms with van der Waals surface area (Å²) in [6.07, 6.45) is 6.48. The van der Waals surface area contributed by atoms with Crippen LogP contribution < -0.4 is 11.1 Å². The molecule has 2 rings (SSSR count). The first-order chi connectivity index (χ1) is 9.63. The van der Waals surface area contributed by atoms with Gasteiger partial charge in [0, 0.05) is 13.0 Å². The third-order valence-corrected chi connectivity index (χ3v) is 4.49. The summed E-state index contributed by atoms with van der Waals surface area (Å²) in [6.45, 7) is 3.31. The molecule has 1 saturated carbocycles. The van der Waals surface area contributed by atoms with E-state index in [4.69, 9.17) is 5.73 Å².